The zero-order valence-electron chi connectivity index (χ0n) is 9.06. The molecule has 2 nitrogen and oxygen atoms in total. The van der Waals surface area contributed by atoms with Crippen LogP contribution >= 0.6 is 0 Å². The van der Waals surface area contributed by atoms with E-state index in [0.29, 0.717) is 12.5 Å². The quantitative estimate of drug-likeness (QED) is 0.772. The monoisotopic (exact) mass is 205 g/mol. The normalized spacial score (nSPS) is 17.7. The van der Waals surface area contributed by atoms with Crippen LogP contribution in [0.2, 0.25) is 0 Å². The molecular weight excluding hydrogens is 186 g/mol. The standard InChI is InChI=1S/C13H19NO/c14-8-13(10-15-9-11-6-7-11)12-4-2-1-3-5-12/h1-5,11,13H,6-10,14H2. The van der Waals surface area contributed by atoms with Crippen molar-refractivity contribution in [1.82, 2.24) is 0 Å². The molecule has 1 atom stereocenters. The van der Waals surface area contributed by atoms with Crippen LogP contribution in [0.25, 0.3) is 0 Å². The molecule has 82 valence electrons. The van der Waals surface area contributed by atoms with Gasteiger partial charge in [0.25, 0.3) is 0 Å². The lowest BCUT2D eigenvalue weighted by Crippen LogP contribution is -2.18. The predicted molar refractivity (Wildman–Crippen MR) is 61.8 cm³/mol. The van der Waals surface area contributed by atoms with Crippen molar-refractivity contribution in [2.75, 3.05) is 19.8 Å². The Bertz CT molecular complexity index is 282. The molecule has 0 aliphatic heterocycles. The average molecular weight is 205 g/mol. The second-order valence-corrected chi connectivity index (χ2v) is 4.32. The van der Waals surface area contributed by atoms with E-state index in [9.17, 15) is 0 Å². The fourth-order valence-electron chi connectivity index (χ4n) is 1.69. The van der Waals surface area contributed by atoms with Gasteiger partial charge in [0, 0.05) is 19.1 Å². The first-order valence-corrected chi connectivity index (χ1v) is 5.73. The van der Waals surface area contributed by atoms with E-state index in [4.69, 9.17) is 10.5 Å². The molecule has 0 spiro atoms. The Morgan fingerprint density at radius 1 is 1.27 bits per heavy atom. The van der Waals surface area contributed by atoms with Gasteiger partial charge >= 0.3 is 0 Å². The number of hydrogen-bond acceptors (Lipinski definition) is 2. The summed E-state index contributed by atoms with van der Waals surface area (Å²) in [7, 11) is 0. The highest BCUT2D eigenvalue weighted by molar-refractivity contribution is 5.19. The summed E-state index contributed by atoms with van der Waals surface area (Å²) >= 11 is 0. The molecule has 0 radical (unpaired) electrons. The largest absolute Gasteiger partial charge is 0.380 e. The third-order valence-corrected chi connectivity index (χ3v) is 2.93. The summed E-state index contributed by atoms with van der Waals surface area (Å²) in [4.78, 5) is 0. The van der Waals surface area contributed by atoms with Crippen LogP contribution in [0.4, 0.5) is 0 Å². The summed E-state index contributed by atoms with van der Waals surface area (Å²) < 4.78 is 5.69. The molecule has 1 aromatic rings. The summed E-state index contributed by atoms with van der Waals surface area (Å²) in [5.41, 5.74) is 7.05. The molecular formula is C13H19NO. The van der Waals surface area contributed by atoms with E-state index in [0.717, 1.165) is 19.1 Å². The second-order valence-electron chi connectivity index (χ2n) is 4.32. The molecule has 15 heavy (non-hydrogen) atoms. The minimum atomic E-state index is 0.352. The molecule has 0 bridgehead atoms. The van der Waals surface area contributed by atoms with Crippen LogP contribution in [0.3, 0.4) is 0 Å². The Hall–Kier alpha value is -0.860. The zero-order chi connectivity index (χ0) is 10.5. The van der Waals surface area contributed by atoms with Gasteiger partial charge in [-0.3, -0.25) is 0 Å². The van der Waals surface area contributed by atoms with Gasteiger partial charge in [0.05, 0.1) is 6.61 Å². The summed E-state index contributed by atoms with van der Waals surface area (Å²) in [6.07, 6.45) is 2.69. The van der Waals surface area contributed by atoms with Crippen molar-refractivity contribution in [3.05, 3.63) is 35.9 Å². The summed E-state index contributed by atoms with van der Waals surface area (Å²) in [6.45, 7) is 2.34. The fraction of sp³-hybridized carbons (Fsp3) is 0.538. The van der Waals surface area contributed by atoms with Crippen molar-refractivity contribution in [3.63, 3.8) is 0 Å². The van der Waals surface area contributed by atoms with Crippen molar-refractivity contribution in [1.29, 1.82) is 0 Å². The van der Waals surface area contributed by atoms with Gasteiger partial charge in [0.15, 0.2) is 0 Å². The van der Waals surface area contributed by atoms with Gasteiger partial charge in [-0.25, -0.2) is 0 Å². The average Bonchev–Trinajstić information content (AvgIpc) is 3.10. The van der Waals surface area contributed by atoms with E-state index in [1.54, 1.807) is 0 Å². The van der Waals surface area contributed by atoms with Gasteiger partial charge in [-0.1, -0.05) is 30.3 Å². The molecule has 1 saturated carbocycles. The molecule has 1 aromatic carbocycles. The molecule has 2 heteroatoms. The van der Waals surface area contributed by atoms with E-state index in [-0.39, 0.29) is 0 Å². The van der Waals surface area contributed by atoms with E-state index in [2.05, 4.69) is 24.3 Å². The number of rotatable bonds is 6. The molecule has 1 unspecified atom stereocenters. The maximum atomic E-state index is 5.76. The van der Waals surface area contributed by atoms with Crippen LogP contribution in [0, 0.1) is 5.92 Å². The zero-order valence-corrected chi connectivity index (χ0v) is 9.06. The lowest BCUT2D eigenvalue weighted by molar-refractivity contribution is 0.112. The number of nitrogens with two attached hydrogens (primary N) is 1. The topological polar surface area (TPSA) is 35.2 Å². The Balaban J connectivity index is 1.80. The van der Waals surface area contributed by atoms with Crippen molar-refractivity contribution in [3.8, 4) is 0 Å². The Labute approximate surface area is 91.4 Å². The third kappa shape index (κ3) is 3.33. The van der Waals surface area contributed by atoms with Gasteiger partial charge in [-0.05, 0) is 24.3 Å². The first kappa shape index (κ1) is 10.7. The first-order valence-electron chi connectivity index (χ1n) is 5.73. The highest BCUT2D eigenvalue weighted by Crippen LogP contribution is 2.29. The minimum Gasteiger partial charge on any atom is -0.380 e. The van der Waals surface area contributed by atoms with Crippen LogP contribution in [0.1, 0.15) is 24.3 Å². The summed E-state index contributed by atoms with van der Waals surface area (Å²) in [5.74, 6) is 1.18. The Morgan fingerprint density at radius 2 is 2.00 bits per heavy atom. The number of hydrogen-bond donors (Lipinski definition) is 1. The lowest BCUT2D eigenvalue weighted by atomic mass is 10.0. The van der Waals surface area contributed by atoms with Gasteiger partial charge in [0.1, 0.15) is 0 Å². The van der Waals surface area contributed by atoms with Gasteiger partial charge < -0.3 is 10.5 Å². The molecule has 0 heterocycles. The summed E-state index contributed by atoms with van der Waals surface area (Å²) in [6, 6.07) is 10.4. The minimum absolute atomic E-state index is 0.352. The van der Waals surface area contributed by atoms with Crippen molar-refractivity contribution >= 4 is 0 Å². The molecule has 0 saturated heterocycles. The van der Waals surface area contributed by atoms with Crippen LogP contribution in [0.15, 0.2) is 30.3 Å². The lowest BCUT2D eigenvalue weighted by Gasteiger charge is -2.15. The van der Waals surface area contributed by atoms with Crippen LogP contribution in [0.5, 0.6) is 0 Å². The van der Waals surface area contributed by atoms with Crippen LogP contribution in [-0.4, -0.2) is 19.8 Å². The van der Waals surface area contributed by atoms with E-state index >= 15 is 0 Å². The maximum absolute atomic E-state index is 5.76. The predicted octanol–water partition coefficient (Wildman–Crippen LogP) is 2.16. The van der Waals surface area contributed by atoms with Crippen molar-refractivity contribution in [2.45, 2.75) is 18.8 Å². The molecule has 1 fully saturated rings. The van der Waals surface area contributed by atoms with Crippen molar-refractivity contribution in [2.24, 2.45) is 11.7 Å². The molecule has 0 amide bonds. The SMILES string of the molecule is NCC(COCC1CC1)c1ccccc1. The molecule has 1 aliphatic rings. The number of benzene rings is 1. The molecule has 0 aromatic heterocycles. The van der Waals surface area contributed by atoms with Gasteiger partial charge in [-0.15, -0.1) is 0 Å². The van der Waals surface area contributed by atoms with Crippen LogP contribution in [-0.2, 0) is 4.74 Å². The van der Waals surface area contributed by atoms with Gasteiger partial charge in [0.2, 0.25) is 0 Å². The third-order valence-electron chi connectivity index (χ3n) is 2.93. The number of ether oxygens (including phenoxy) is 1. The summed E-state index contributed by atoms with van der Waals surface area (Å²) in [5, 5.41) is 0. The van der Waals surface area contributed by atoms with E-state index in [1.807, 2.05) is 6.07 Å². The van der Waals surface area contributed by atoms with Crippen molar-refractivity contribution < 1.29 is 4.74 Å². The van der Waals surface area contributed by atoms with Gasteiger partial charge in [-0.2, -0.15) is 0 Å². The molecule has 1 aliphatic carbocycles. The highest BCUT2D eigenvalue weighted by Gasteiger charge is 2.21. The first-order chi connectivity index (χ1) is 7.40. The Morgan fingerprint density at radius 3 is 2.60 bits per heavy atom. The molecule has 2 N–H and O–H groups in total. The Kier molecular flexibility index (Phi) is 3.75. The molecule has 2 rings (SSSR count). The maximum Gasteiger partial charge on any atom is 0.0547 e. The van der Waals surface area contributed by atoms with E-state index < -0.39 is 0 Å². The second kappa shape index (κ2) is 5.29. The highest BCUT2D eigenvalue weighted by atomic mass is 16.5. The fourth-order valence-corrected chi connectivity index (χ4v) is 1.69. The van der Waals surface area contributed by atoms with Crippen LogP contribution < -0.4 is 5.73 Å². The van der Waals surface area contributed by atoms with E-state index in [1.165, 1.54) is 18.4 Å². The smallest absolute Gasteiger partial charge is 0.0547 e.